The van der Waals surface area contributed by atoms with Crippen LogP contribution in [-0.2, 0) is 9.59 Å². The first-order valence-corrected chi connectivity index (χ1v) is 5.84. The number of carboxylic acid groups (broad SMARTS) is 1. The van der Waals surface area contributed by atoms with Crippen LogP contribution in [0.25, 0.3) is 0 Å². The first-order valence-electron chi connectivity index (χ1n) is 5.84. The van der Waals surface area contributed by atoms with Gasteiger partial charge in [0.15, 0.2) is 0 Å². The Labute approximate surface area is 96.5 Å². The highest BCUT2D eigenvalue weighted by Gasteiger charge is 2.42. The first-order chi connectivity index (χ1) is 7.38. The second-order valence-corrected chi connectivity index (χ2v) is 5.14. The number of ketones is 1. The zero-order valence-corrected chi connectivity index (χ0v) is 10.2. The van der Waals surface area contributed by atoms with Crippen molar-refractivity contribution in [1.29, 1.82) is 0 Å². The van der Waals surface area contributed by atoms with Crippen molar-refractivity contribution < 1.29 is 14.7 Å². The topological polar surface area (TPSA) is 54.4 Å². The summed E-state index contributed by atoms with van der Waals surface area (Å²) in [6, 6.07) is 0. The Morgan fingerprint density at radius 3 is 2.62 bits per heavy atom. The molecular weight excluding hydrogens is 204 g/mol. The van der Waals surface area contributed by atoms with Crippen molar-refractivity contribution in [3.8, 4) is 0 Å². The third kappa shape index (κ3) is 2.52. The highest BCUT2D eigenvalue weighted by molar-refractivity contribution is 5.89. The molecule has 0 amide bonds. The molecule has 0 aromatic rings. The van der Waals surface area contributed by atoms with Crippen LogP contribution in [0.1, 0.15) is 40.0 Å². The van der Waals surface area contributed by atoms with Crippen LogP contribution in [0.2, 0.25) is 0 Å². The van der Waals surface area contributed by atoms with Gasteiger partial charge < -0.3 is 5.11 Å². The molecule has 2 unspecified atom stereocenters. The molecule has 1 aliphatic carbocycles. The Hall–Kier alpha value is -1.12. The molecule has 0 aliphatic heterocycles. The second-order valence-electron chi connectivity index (χ2n) is 5.14. The number of carbonyl (C=O) groups is 2. The molecule has 0 aromatic heterocycles. The fraction of sp³-hybridized carbons (Fsp3) is 0.692. The van der Waals surface area contributed by atoms with Gasteiger partial charge in [0.25, 0.3) is 0 Å². The van der Waals surface area contributed by atoms with Gasteiger partial charge in [0, 0.05) is 17.9 Å². The van der Waals surface area contributed by atoms with Crippen LogP contribution >= 0.6 is 0 Å². The van der Waals surface area contributed by atoms with E-state index in [4.69, 9.17) is 5.11 Å². The Morgan fingerprint density at radius 1 is 1.56 bits per heavy atom. The van der Waals surface area contributed by atoms with Crippen molar-refractivity contribution in [1.82, 2.24) is 0 Å². The molecule has 1 rings (SSSR count). The number of carboxylic acids is 1. The van der Waals surface area contributed by atoms with Gasteiger partial charge in [-0.3, -0.25) is 4.79 Å². The van der Waals surface area contributed by atoms with E-state index in [9.17, 15) is 9.59 Å². The fourth-order valence-electron chi connectivity index (χ4n) is 2.43. The number of hydrogen-bond donors (Lipinski definition) is 1. The number of carbonyl (C=O) groups excluding carboxylic acids is 1. The van der Waals surface area contributed by atoms with Crippen LogP contribution in [0.3, 0.4) is 0 Å². The quantitative estimate of drug-likeness (QED) is 0.750. The molecule has 0 bridgehead atoms. The van der Waals surface area contributed by atoms with Crippen LogP contribution in [0.5, 0.6) is 0 Å². The van der Waals surface area contributed by atoms with Crippen LogP contribution in [0, 0.1) is 17.3 Å². The Morgan fingerprint density at radius 2 is 2.19 bits per heavy atom. The average molecular weight is 224 g/mol. The molecule has 1 saturated carbocycles. The van der Waals surface area contributed by atoms with Crippen molar-refractivity contribution in [2.24, 2.45) is 17.3 Å². The molecule has 0 radical (unpaired) electrons. The molecule has 2 atom stereocenters. The monoisotopic (exact) mass is 224 g/mol. The third-order valence-corrected chi connectivity index (χ3v) is 3.66. The van der Waals surface area contributed by atoms with Crippen LogP contribution < -0.4 is 0 Å². The largest absolute Gasteiger partial charge is 0.478 e. The summed E-state index contributed by atoms with van der Waals surface area (Å²) in [7, 11) is 0. The van der Waals surface area contributed by atoms with Gasteiger partial charge in [-0.25, -0.2) is 4.79 Å². The van der Waals surface area contributed by atoms with E-state index >= 15 is 0 Å². The smallest absolute Gasteiger partial charge is 0.328 e. The zero-order chi connectivity index (χ0) is 12.3. The van der Waals surface area contributed by atoms with Crippen LogP contribution in [0.15, 0.2) is 12.2 Å². The second kappa shape index (κ2) is 4.81. The molecule has 0 heterocycles. The van der Waals surface area contributed by atoms with Gasteiger partial charge in [-0.05, 0) is 24.7 Å². The molecule has 3 heteroatoms. The molecule has 0 saturated heterocycles. The summed E-state index contributed by atoms with van der Waals surface area (Å²) >= 11 is 0. The van der Waals surface area contributed by atoms with E-state index in [1.807, 2.05) is 13.8 Å². The van der Waals surface area contributed by atoms with Gasteiger partial charge in [0.1, 0.15) is 5.78 Å². The van der Waals surface area contributed by atoms with Crippen LogP contribution in [-0.4, -0.2) is 16.9 Å². The molecular formula is C13H20O3. The molecule has 1 N–H and O–H groups in total. The number of Topliss-reactive ketones (excluding diaryl/α,β-unsaturated/α-hetero) is 1. The highest BCUT2D eigenvalue weighted by atomic mass is 16.4. The van der Waals surface area contributed by atoms with Crippen molar-refractivity contribution in [2.45, 2.75) is 40.0 Å². The molecule has 1 fully saturated rings. The lowest BCUT2D eigenvalue weighted by atomic mass is 9.64. The lowest BCUT2D eigenvalue weighted by molar-refractivity contribution is -0.132. The summed E-state index contributed by atoms with van der Waals surface area (Å²) in [6.45, 7) is 6.04. The molecule has 3 nitrogen and oxygen atoms in total. The summed E-state index contributed by atoms with van der Waals surface area (Å²) in [4.78, 5) is 22.7. The molecule has 16 heavy (non-hydrogen) atoms. The Balaban J connectivity index is 2.97. The van der Waals surface area contributed by atoms with E-state index in [0.29, 0.717) is 12.3 Å². The standard InChI is InChI=1S/C13H20O3/c1-9(2)13(7-5-12(15)16)6-4-10(3)8-11(13)14/h5,7,9-10H,4,6,8H2,1-3H3,(H,15,16). The van der Waals surface area contributed by atoms with E-state index in [1.165, 1.54) is 0 Å². The fourth-order valence-corrected chi connectivity index (χ4v) is 2.43. The normalized spacial score (nSPS) is 31.2. The minimum atomic E-state index is -0.980. The predicted octanol–water partition coefficient (Wildman–Crippen LogP) is 2.66. The van der Waals surface area contributed by atoms with Crippen molar-refractivity contribution in [3.05, 3.63) is 12.2 Å². The van der Waals surface area contributed by atoms with E-state index < -0.39 is 11.4 Å². The average Bonchev–Trinajstić information content (AvgIpc) is 2.16. The predicted molar refractivity (Wildman–Crippen MR) is 62.1 cm³/mol. The van der Waals surface area contributed by atoms with E-state index in [2.05, 4.69) is 6.92 Å². The lowest BCUT2D eigenvalue weighted by Crippen LogP contribution is -2.39. The van der Waals surface area contributed by atoms with Crippen molar-refractivity contribution >= 4 is 11.8 Å². The Bertz CT molecular complexity index is 317. The van der Waals surface area contributed by atoms with E-state index in [1.54, 1.807) is 6.08 Å². The summed E-state index contributed by atoms with van der Waals surface area (Å²) in [5, 5.41) is 8.68. The summed E-state index contributed by atoms with van der Waals surface area (Å²) in [6.07, 6.45) is 5.06. The maximum absolute atomic E-state index is 12.1. The summed E-state index contributed by atoms with van der Waals surface area (Å²) in [5.74, 6) is -0.203. The lowest BCUT2D eigenvalue weighted by Gasteiger charge is -2.38. The molecule has 0 aromatic carbocycles. The van der Waals surface area contributed by atoms with Crippen molar-refractivity contribution in [2.75, 3.05) is 0 Å². The summed E-state index contributed by atoms with van der Waals surface area (Å²) < 4.78 is 0. The third-order valence-electron chi connectivity index (χ3n) is 3.66. The highest BCUT2D eigenvalue weighted by Crippen LogP contribution is 2.42. The summed E-state index contributed by atoms with van der Waals surface area (Å²) in [5.41, 5.74) is -0.551. The maximum Gasteiger partial charge on any atom is 0.328 e. The maximum atomic E-state index is 12.1. The van der Waals surface area contributed by atoms with Gasteiger partial charge in [-0.15, -0.1) is 0 Å². The van der Waals surface area contributed by atoms with Gasteiger partial charge >= 0.3 is 5.97 Å². The minimum Gasteiger partial charge on any atom is -0.478 e. The number of rotatable bonds is 3. The minimum absolute atomic E-state index is 0.156. The van der Waals surface area contributed by atoms with Gasteiger partial charge in [0.2, 0.25) is 0 Å². The van der Waals surface area contributed by atoms with Gasteiger partial charge in [-0.1, -0.05) is 26.8 Å². The zero-order valence-electron chi connectivity index (χ0n) is 10.2. The van der Waals surface area contributed by atoms with Crippen LogP contribution in [0.4, 0.5) is 0 Å². The SMILES string of the molecule is CC1CCC(C=CC(=O)O)(C(C)C)C(=O)C1. The first kappa shape index (κ1) is 12.9. The van der Waals surface area contributed by atoms with Crippen molar-refractivity contribution in [3.63, 3.8) is 0 Å². The van der Waals surface area contributed by atoms with Gasteiger partial charge in [-0.2, -0.15) is 0 Å². The Kier molecular flexibility index (Phi) is 3.89. The molecule has 1 aliphatic rings. The number of allylic oxidation sites excluding steroid dienone is 1. The number of hydrogen-bond acceptors (Lipinski definition) is 2. The molecule has 90 valence electrons. The molecule has 0 spiro atoms. The van der Waals surface area contributed by atoms with Gasteiger partial charge in [0.05, 0.1) is 0 Å². The van der Waals surface area contributed by atoms with E-state index in [0.717, 1.165) is 18.9 Å². The van der Waals surface area contributed by atoms with E-state index in [-0.39, 0.29) is 11.7 Å². The number of aliphatic carboxylic acids is 1.